The number of methoxy groups -OCH3 is 1. The summed E-state index contributed by atoms with van der Waals surface area (Å²) in [6, 6.07) is 20.7. The predicted octanol–water partition coefficient (Wildman–Crippen LogP) is 4.29. The van der Waals surface area contributed by atoms with Crippen molar-refractivity contribution in [2.24, 2.45) is 0 Å². The molecule has 3 aromatic carbocycles. The maximum absolute atomic E-state index is 9.82. The number of benzene rings is 3. The van der Waals surface area contributed by atoms with Gasteiger partial charge < -0.3 is 19.3 Å². The maximum atomic E-state index is 9.82. The van der Waals surface area contributed by atoms with Crippen LogP contribution in [-0.4, -0.2) is 61.5 Å². The Morgan fingerprint density at radius 2 is 2.00 bits per heavy atom. The molecule has 0 aliphatic carbocycles. The second-order valence-electron chi connectivity index (χ2n) is 8.93. The number of hydrogen-bond acceptors (Lipinski definition) is 6. The number of piperazine rings is 1. The van der Waals surface area contributed by atoms with Gasteiger partial charge in [-0.3, -0.25) is 5.10 Å². The van der Waals surface area contributed by atoms with E-state index < -0.39 is 0 Å². The molecule has 1 unspecified atom stereocenters. The molecule has 1 atom stereocenters. The van der Waals surface area contributed by atoms with Gasteiger partial charge in [-0.05, 0) is 37.4 Å². The predicted molar refractivity (Wildman–Crippen MR) is 132 cm³/mol. The first-order valence-corrected chi connectivity index (χ1v) is 11.4. The molecule has 7 heteroatoms. The molecular weight excluding hydrogens is 426 g/mol. The van der Waals surface area contributed by atoms with Gasteiger partial charge in [0, 0.05) is 41.7 Å². The van der Waals surface area contributed by atoms with E-state index in [9.17, 15) is 5.26 Å². The highest BCUT2D eigenvalue weighted by atomic mass is 16.5. The van der Waals surface area contributed by atoms with Crippen molar-refractivity contribution in [2.45, 2.75) is 6.04 Å². The molecule has 3 heterocycles. The van der Waals surface area contributed by atoms with E-state index in [-0.39, 0.29) is 0 Å². The van der Waals surface area contributed by atoms with Crippen LogP contribution in [0.2, 0.25) is 0 Å². The van der Waals surface area contributed by atoms with E-state index in [0.29, 0.717) is 18.2 Å². The molecule has 7 nitrogen and oxygen atoms in total. The lowest BCUT2D eigenvalue weighted by Gasteiger charge is -2.44. The maximum Gasteiger partial charge on any atom is 0.143 e. The van der Waals surface area contributed by atoms with Crippen molar-refractivity contribution in [1.82, 2.24) is 15.1 Å². The number of H-pyrrole nitrogens is 1. The van der Waals surface area contributed by atoms with E-state index in [1.165, 1.54) is 0 Å². The van der Waals surface area contributed by atoms with Gasteiger partial charge in [-0.15, -0.1) is 0 Å². The minimum atomic E-state index is 0.385. The number of rotatable bonds is 3. The van der Waals surface area contributed by atoms with Crippen LogP contribution in [0.5, 0.6) is 11.5 Å². The normalized spacial score (nSPS) is 17.6. The third-order valence-corrected chi connectivity index (χ3v) is 6.88. The second kappa shape index (κ2) is 8.08. The Labute approximate surface area is 198 Å². The van der Waals surface area contributed by atoms with E-state index in [0.717, 1.165) is 70.1 Å². The van der Waals surface area contributed by atoms with Crippen LogP contribution in [0, 0.1) is 11.3 Å². The van der Waals surface area contributed by atoms with Crippen LogP contribution in [0.25, 0.3) is 33.3 Å². The summed E-state index contributed by atoms with van der Waals surface area (Å²) >= 11 is 0. The number of likely N-dealkylation sites (N-methyl/N-ethyl adjacent to an activating group) is 1. The molecule has 6 rings (SSSR count). The number of anilines is 1. The SMILES string of the molecule is COc1ccccc1-c1cc2c(-c3ccc4c(c3)OCC3CN(C)CCN43)n[nH]c2cc1C#N. The first kappa shape index (κ1) is 20.6. The highest BCUT2D eigenvalue weighted by Gasteiger charge is 2.32. The molecule has 1 fully saturated rings. The molecule has 4 aromatic rings. The number of aromatic amines is 1. The van der Waals surface area contributed by atoms with Gasteiger partial charge in [0.25, 0.3) is 0 Å². The van der Waals surface area contributed by atoms with E-state index in [1.807, 2.05) is 36.4 Å². The summed E-state index contributed by atoms with van der Waals surface area (Å²) in [6.07, 6.45) is 0. The van der Waals surface area contributed by atoms with Crippen LogP contribution in [0.3, 0.4) is 0 Å². The van der Waals surface area contributed by atoms with Crippen molar-refractivity contribution in [3.63, 3.8) is 0 Å². The van der Waals surface area contributed by atoms with E-state index in [2.05, 4.69) is 51.3 Å². The Hall–Kier alpha value is -4.02. The quantitative estimate of drug-likeness (QED) is 0.501. The average Bonchev–Trinajstić information content (AvgIpc) is 3.30. The zero-order chi connectivity index (χ0) is 23.2. The molecule has 34 heavy (non-hydrogen) atoms. The molecule has 0 spiro atoms. The third kappa shape index (κ3) is 3.27. The molecule has 1 N–H and O–H groups in total. The molecule has 0 amide bonds. The fourth-order valence-corrected chi connectivity index (χ4v) is 5.14. The van der Waals surface area contributed by atoms with Gasteiger partial charge in [0.2, 0.25) is 0 Å². The number of nitrogens with one attached hydrogen (secondary N) is 1. The van der Waals surface area contributed by atoms with Crippen LogP contribution in [0.1, 0.15) is 5.56 Å². The molecule has 170 valence electrons. The monoisotopic (exact) mass is 451 g/mol. The zero-order valence-electron chi connectivity index (χ0n) is 19.2. The van der Waals surface area contributed by atoms with Gasteiger partial charge >= 0.3 is 0 Å². The Bertz CT molecular complexity index is 1440. The van der Waals surface area contributed by atoms with Crippen LogP contribution in [0.15, 0.2) is 54.6 Å². The largest absolute Gasteiger partial charge is 0.496 e. The Morgan fingerprint density at radius 3 is 2.85 bits per heavy atom. The van der Waals surface area contributed by atoms with E-state index >= 15 is 0 Å². The minimum absolute atomic E-state index is 0.385. The Balaban J connectivity index is 1.45. The molecular formula is C27H25N5O2. The summed E-state index contributed by atoms with van der Waals surface area (Å²) in [7, 11) is 3.81. The number of nitrogens with zero attached hydrogens (tertiary/aromatic N) is 4. The molecule has 1 saturated heterocycles. The molecule has 0 saturated carbocycles. The van der Waals surface area contributed by atoms with Gasteiger partial charge in [-0.25, -0.2) is 0 Å². The average molecular weight is 452 g/mol. The summed E-state index contributed by atoms with van der Waals surface area (Å²) in [5, 5.41) is 18.5. The highest BCUT2D eigenvalue weighted by molar-refractivity contribution is 5.98. The minimum Gasteiger partial charge on any atom is -0.496 e. The zero-order valence-corrected chi connectivity index (χ0v) is 19.2. The molecule has 2 aliphatic heterocycles. The van der Waals surface area contributed by atoms with Crippen LogP contribution in [0.4, 0.5) is 5.69 Å². The van der Waals surface area contributed by atoms with Crippen molar-refractivity contribution in [3.8, 4) is 40.0 Å². The Morgan fingerprint density at radius 1 is 1.12 bits per heavy atom. The van der Waals surface area contributed by atoms with Crippen molar-refractivity contribution in [1.29, 1.82) is 5.26 Å². The van der Waals surface area contributed by atoms with Gasteiger partial charge in [-0.1, -0.05) is 24.3 Å². The summed E-state index contributed by atoms with van der Waals surface area (Å²) in [5.74, 6) is 1.63. The van der Waals surface area contributed by atoms with Crippen LogP contribution < -0.4 is 14.4 Å². The number of fused-ring (bicyclic) bond motifs is 4. The first-order valence-electron chi connectivity index (χ1n) is 11.4. The number of nitriles is 1. The lowest BCUT2D eigenvalue weighted by molar-refractivity contribution is 0.188. The highest BCUT2D eigenvalue weighted by Crippen LogP contribution is 2.41. The van der Waals surface area contributed by atoms with Crippen molar-refractivity contribution in [3.05, 3.63) is 60.2 Å². The van der Waals surface area contributed by atoms with E-state index in [4.69, 9.17) is 9.47 Å². The van der Waals surface area contributed by atoms with Gasteiger partial charge in [0.15, 0.2) is 0 Å². The standard InChI is InChI=1S/C27H25N5O2/c1-31-9-10-32-19(15-31)16-34-26-12-17(7-8-24(26)32)27-22-13-21(18(14-28)11-23(22)29-30-27)20-5-3-4-6-25(20)33-2/h3-8,11-13,19H,9-10,15-16H2,1-2H3,(H,29,30). The number of hydrogen-bond donors (Lipinski definition) is 1. The second-order valence-corrected chi connectivity index (χ2v) is 8.93. The lowest BCUT2D eigenvalue weighted by Crippen LogP contribution is -2.56. The fraction of sp³-hybridized carbons (Fsp3) is 0.259. The van der Waals surface area contributed by atoms with Crippen LogP contribution >= 0.6 is 0 Å². The van der Waals surface area contributed by atoms with Gasteiger partial charge in [0.1, 0.15) is 23.8 Å². The first-order chi connectivity index (χ1) is 16.7. The van der Waals surface area contributed by atoms with Crippen LogP contribution in [-0.2, 0) is 0 Å². The number of para-hydroxylation sites is 1. The lowest BCUT2D eigenvalue weighted by atomic mass is 9.95. The summed E-state index contributed by atoms with van der Waals surface area (Å²) in [6.45, 7) is 3.75. The van der Waals surface area contributed by atoms with Crippen molar-refractivity contribution < 1.29 is 9.47 Å². The number of ether oxygens (including phenoxy) is 2. The fourth-order valence-electron chi connectivity index (χ4n) is 5.14. The van der Waals surface area contributed by atoms with Gasteiger partial charge in [0.05, 0.1) is 36.0 Å². The molecule has 1 aromatic heterocycles. The third-order valence-electron chi connectivity index (χ3n) is 6.88. The molecule has 0 bridgehead atoms. The topological polar surface area (TPSA) is 77.4 Å². The van der Waals surface area contributed by atoms with E-state index in [1.54, 1.807) is 7.11 Å². The summed E-state index contributed by atoms with van der Waals surface area (Å²) in [4.78, 5) is 4.82. The summed E-state index contributed by atoms with van der Waals surface area (Å²) < 4.78 is 11.7. The smallest absolute Gasteiger partial charge is 0.143 e. The Kier molecular flexibility index (Phi) is 4.89. The summed E-state index contributed by atoms with van der Waals surface area (Å²) in [5.41, 5.74) is 6.06. The van der Waals surface area contributed by atoms with Crippen molar-refractivity contribution >= 4 is 16.6 Å². The van der Waals surface area contributed by atoms with Crippen molar-refractivity contribution in [2.75, 3.05) is 45.3 Å². The molecule has 0 radical (unpaired) electrons. The molecule has 2 aliphatic rings. The van der Waals surface area contributed by atoms with Gasteiger partial charge in [-0.2, -0.15) is 10.4 Å². The number of aromatic nitrogens is 2.